The van der Waals surface area contributed by atoms with Gasteiger partial charge in [0.2, 0.25) is 0 Å². The zero-order valence-corrected chi connectivity index (χ0v) is 11.9. The van der Waals surface area contributed by atoms with Crippen molar-refractivity contribution in [1.29, 1.82) is 0 Å². The lowest BCUT2D eigenvalue weighted by atomic mass is 10.4. The van der Waals surface area contributed by atoms with E-state index in [2.05, 4.69) is 15.3 Å². The number of hydrogen-bond donors (Lipinski definition) is 1. The first kappa shape index (κ1) is 14.8. The fourth-order valence-electron chi connectivity index (χ4n) is 1.39. The van der Waals surface area contributed by atoms with E-state index in [-0.39, 0.29) is 5.75 Å². The molecule has 7 heteroatoms. The molecule has 0 unspecified atom stereocenters. The summed E-state index contributed by atoms with van der Waals surface area (Å²) in [5.41, 5.74) is 0.827. The molecule has 1 rings (SSSR count). The molecule has 1 aromatic rings. The lowest BCUT2D eigenvalue weighted by Gasteiger charge is -2.15. The molecule has 0 radical (unpaired) electrons. The zero-order chi connectivity index (χ0) is 13.6. The number of nitrogens with one attached hydrogen (secondary N) is 1. The molecule has 18 heavy (non-hydrogen) atoms. The van der Waals surface area contributed by atoms with E-state index in [1.807, 2.05) is 18.9 Å². The fraction of sp³-hybridized carbons (Fsp3) is 0.636. The van der Waals surface area contributed by atoms with Gasteiger partial charge in [-0.25, -0.2) is 13.4 Å². The van der Waals surface area contributed by atoms with Gasteiger partial charge in [-0.05, 0) is 14.0 Å². The van der Waals surface area contributed by atoms with Crippen LogP contribution in [0.15, 0.2) is 12.4 Å². The Hall–Kier alpha value is -1.21. The number of rotatable bonds is 7. The van der Waals surface area contributed by atoms with Gasteiger partial charge in [0.05, 0.1) is 23.8 Å². The first-order valence-electron chi connectivity index (χ1n) is 5.82. The Morgan fingerprint density at radius 3 is 2.56 bits per heavy atom. The minimum atomic E-state index is -2.91. The van der Waals surface area contributed by atoms with E-state index < -0.39 is 9.84 Å². The molecule has 0 aromatic carbocycles. The molecular formula is C11H20N4O2S. The zero-order valence-electron chi connectivity index (χ0n) is 11.0. The van der Waals surface area contributed by atoms with Crippen LogP contribution < -0.4 is 5.32 Å². The van der Waals surface area contributed by atoms with Gasteiger partial charge in [-0.15, -0.1) is 0 Å². The van der Waals surface area contributed by atoms with Gasteiger partial charge < -0.3 is 5.32 Å². The maximum Gasteiger partial charge on any atom is 0.148 e. The SMILES string of the molecule is CCNc1cnc(CN(C)CCS(C)(=O)=O)cn1. The topological polar surface area (TPSA) is 75.2 Å². The second kappa shape index (κ2) is 6.65. The van der Waals surface area contributed by atoms with Crippen LogP contribution in [0.4, 0.5) is 5.82 Å². The van der Waals surface area contributed by atoms with Crippen LogP contribution in [0.25, 0.3) is 0 Å². The van der Waals surface area contributed by atoms with Crippen molar-refractivity contribution in [2.45, 2.75) is 13.5 Å². The van der Waals surface area contributed by atoms with Crippen molar-refractivity contribution >= 4 is 15.7 Å². The molecule has 1 N–H and O–H groups in total. The molecule has 0 amide bonds. The lowest BCUT2D eigenvalue weighted by molar-refractivity contribution is 0.341. The van der Waals surface area contributed by atoms with Crippen LogP contribution in [0.2, 0.25) is 0 Å². The summed E-state index contributed by atoms with van der Waals surface area (Å²) in [4.78, 5) is 10.4. The highest BCUT2D eigenvalue weighted by molar-refractivity contribution is 7.90. The van der Waals surface area contributed by atoms with E-state index in [1.54, 1.807) is 12.4 Å². The van der Waals surface area contributed by atoms with Crippen LogP contribution in [0.5, 0.6) is 0 Å². The van der Waals surface area contributed by atoms with Crippen molar-refractivity contribution < 1.29 is 8.42 Å². The average molecular weight is 272 g/mol. The predicted molar refractivity (Wildman–Crippen MR) is 72.2 cm³/mol. The summed E-state index contributed by atoms with van der Waals surface area (Å²) in [6, 6.07) is 0. The van der Waals surface area contributed by atoms with Gasteiger partial charge in [0.15, 0.2) is 0 Å². The number of nitrogens with zero attached hydrogens (tertiary/aromatic N) is 3. The number of anilines is 1. The molecule has 0 fully saturated rings. The fourth-order valence-corrected chi connectivity index (χ4v) is 2.03. The largest absolute Gasteiger partial charge is 0.369 e. The Labute approximate surface area is 108 Å². The molecule has 0 bridgehead atoms. The predicted octanol–water partition coefficient (Wildman–Crippen LogP) is 0.385. The van der Waals surface area contributed by atoms with Crippen molar-refractivity contribution in [2.24, 2.45) is 0 Å². The highest BCUT2D eigenvalue weighted by atomic mass is 32.2. The van der Waals surface area contributed by atoms with Crippen molar-refractivity contribution in [3.8, 4) is 0 Å². The van der Waals surface area contributed by atoms with Crippen molar-refractivity contribution in [3.05, 3.63) is 18.1 Å². The summed E-state index contributed by atoms with van der Waals surface area (Å²) in [5.74, 6) is 0.909. The van der Waals surface area contributed by atoms with Crippen molar-refractivity contribution in [2.75, 3.05) is 37.5 Å². The Morgan fingerprint density at radius 1 is 1.33 bits per heavy atom. The molecule has 1 heterocycles. The average Bonchev–Trinajstić information content (AvgIpc) is 2.29. The smallest absolute Gasteiger partial charge is 0.148 e. The van der Waals surface area contributed by atoms with Gasteiger partial charge >= 0.3 is 0 Å². The highest BCUT2D eigenvalue weighted by Gasteiger charge is 2.07. The van der Waals surface area contributed by atoms with E-state index >= 15 is 0 Å². The van der Waals surface area contributed by atoms with E-state index in [9.17, 15) is 8.42 Å². The number of sulfone groups is 1. The van der Waals surface area contributed by atoms with Crippen molar-refractivity contribution in [3.63, 3.8) is 0 Å². The Balaban J connectivity index is 2.46. The van der Waals surface area contributed by atoms with Gasteiger partial charge in [0.25, 0.3) is 0 Å². The second-order valence-corrected chi connectivity index (χ2v) is 6.55. The van der Waals surface area contributed by atoms with E-state index in [0.29, 0.717) is 13.1 Å². The van der Waals surface area contributed by atoms with Gasteiger partial charge in [-0.3, -0.25) is 9.88 Å². The Bertz CT molecular complexity index is 458. The molecule has 0 spiro atoms. The third kappa shape index (κ3) is 5.92. The van der Waals surface area contributed by atoms with Crippen LogP contribution in [-0.4, -0.2) is 55.4 Å². The van der Waals surface area contributed by atoms with Crippen LogP contribution in [0, 0.1) is 0 Å². The minimum Gasteiger partial charge on any atom is -0.369 e. The molecule has 6 nitrogen and oxygen atoms in total. The molecule has 0 saturated heterocycles. The quantitative estimate of drug-likeness (QED) is 0.773. The summed E-state index contributed by atoms with van der Waals surface area (Å²) in [6.07, 6.45) is 4.63. The van der Waals surface area contributed by atoms with Crippen molar-refractivity contribution in [1.82, 2.24) is 14.9 Å². The van der Waals surface area contributed by atoms with Crippen LogP contribution in [0.3, 0.4) is 0 Å². The van der Waals surface area contributed by atoms with Gasteiger partial charge in [-0.1, -0.05) is 0 Å². The maximum absolute atomic E-state index is 11.0. The Kier molecular flexibility index (Phi) is 5.49. The summed E-state index contributed by atoms with van der Waals surface area (Å²) < 4.78 is 22.1. The normalized spacial score (nSPS) is 11.8. The molecule has 0 saturated carbocycles. The van der Waals surface area contributed by atoms with Crippen LogP contribution in [0.1, 0.15) is 12.6 Å². The monoisotopic (exact) mass is 272 g/mol. The molecule has 0 aliphatic heterocycles. The van der Waals surface area contributed by atoms with Gasteiger partial charge in [0.1, 0.15) is 15.7 Å². The molecule has 1 aromatic heterocycles. The van der Waals surface area contributed by atoms with Crippen LogP contribution in [-0.2, 0) is 16.4 Å². The third-order valence-corrected chi connectivity index (χ3v) is 3.26. The first-order chi connectivity index (χ1) is 8.40. The second-order valence-electron chi connectivity index (χ2n) is 4.29. The summed E-state index contributed by atoms with van der Waals surface area (Å²) in [6.45, 7) is 3.89. The standard InChI is InChI=1S/C11H20N4O2S/c1-4-12-11-8-13-10(7-14-11)9-15(2)5-6-18(3,16)17/h7-8H,4-6,9H2,1-3H3,(H,12,14). The minimum absolute atomic E-state index is 0.159. The molecule has 0 aliphatic rings. The summed E-state index contributed by atoms with van der Waals surface area (Å²) in [5, 5.41) is 3.07. The lowest BCUT2D eigenvalue weighted by Crippen LogP contribution is -2.25. The summed E-state index contributed by atoms with van der Waals surface area (Å²) in [7, 11) is -1.05. The number of hydrogen-bond acceptors (Lipinski definition) is 6. The van der Waals surface area contributed by atoms with E-state index in [4.69, 9.17) is 0 Å². The summed E-state index contributed by atoms with van der Waals surface area (Å²) >= 11 is 0. The highest BCUT2D eigenvalue weighted by Crippen LogP contribution is 2.03. The maximum atomic E-state index is 11.0. The van der Waals surface area contributed by atoms with Gasteiger partial charge in [0, 0.05) is 25.9 Å². The molecule has 0 atom stereocenters. The molecule has 0 aliphatic carbocycles. The molecule has 102 valence electrons. The van der Waals surface area contributed by atoms with Crippen LogP contribution >= 0.6 is 0 Å². The molecular weight excluding hydrogens is 252 g/mol. The van der Waals surface area contributed by atoms with E-state index in [0.717, 1.165) is 18.1 Å². The van der Waals surface area contributed by atoms with Gasteiger partial charge in [-0.2, -0.15) is 0 Å². The number of aromatic nitrogens is 2. The first-order valence-corrected chi connectivity index (χ1v) is 7.88. The third-order valence-electron chi connectivity index (χ3n) is 2.34. The van der Waals surface area contributed by atoms with E-state index in [1.165, 1.54) is 6.26 Å². The Morgan fingerprint density at radius 2 is 2.06 bits per heavy atom.